The van der Waals surface area contributed by atoms with Crippen LogP contribution in [0.25, 0.3) is 11.3 Å². The molecule has 0 bridgehead atoms. The van der Waals surface area contributed by atoms with Gasteiger partial charge >= 0.3 is 0 Å². The van der Waals surface area contributed by atoms with Crippen molar-refractivity contribution >= 4 is 0 Å². The standard InChI is InChI=1S/C21H26FN/c1-3-4-16-6-8-17(9-7-16)18-10-11-19(20(22)13-18)21-12-5-15(2)14-23-21/h5,10-14,16-17H,3-4,6-9H2,1-2H3. The minimum Gasteiger partial charge on any atom is -0.256 e. The van der Waals surface area contributed by atoms with E-state index in [1.54, 1.807) is 12.3 Å². The molecule has 1 aromatic carbocycles. The van der Waals surface area contributed by atoms with Crippen LogP contribution in [-0.2, 0) is 0 Å². The number of pyridine rings is 1. The zero-order chi connectivity index (χ0) is 16.2. The van der Waals surface area contributed by atoms with Crippen LogP contribution in [0.2, 0.25) is 0 Å². The molecule has 1 aliphatic rings. The summed E-state index contributed by atoms with van der Waals surface area (Å²) in [5.41, 5.74) is 3.57. The summed E-state index contributed by atoms with van der Waals surface area (Å²) in [7, 11) is 0. The molecule has 0 unspecified atom stereocenters. The smallest absolute Gasteiger partial charge is 0.132 e. The van der Waals surface area contributed by atoms with Crippen molar-refractivity contribution in [2.24, 2.45) is 5.92 Å². The Morgan fingerprint density at radius 1 is 1.09 bits per heavy atom. The summed E-state index contributed by atoms with van der Waals surface area (Å²) in [5, 5.41) is 0. The number of rotatable bonds is 4. The predicted octanol–water partition coefficient (Wildman–Crippen LogP) is 6.27. The third-order valence-electron chi connectivity index (χ3n) is 5.20. The summed E-state index contributed by atoms with van der Waals surface area (Å²) >= 11 is 0. The van der Waals surface area contributed by atoms with Crippen LogP contribution in [0, 0.1) is 18.7 Å². The van der Waals surface area contributed by atoms with Gasteiger partial charge in [0.25, 0.3) is 0 Å². The quantitative estimate of drug-likeness (QED) is 0.648. The Morgan fingerprint density at radius 2 is 1.87 bits per heavy atom. The van der Waals surface area contributed by atoms with E-state index in [1.165, 1.54) is 38.5 Å². The van der Waals surface area contributed by atoms with Gasteiger partial charge in [-0.1, -0.05) is 31.9 Å². The van der Waals surface area contributed by atoms with Gasteiger partial charge < -0.3 is 0 Å². The average molecular weight is 311 g/mol. The first-order valence-electron chi connectivity index (χ1n) is 8.90. The van der Waals surface area contributed by atoms with Gasteiger partial charge in [-0.25, -0.2) is 4.39 Å². The van der Waals surface area contributed by atoms with Gasteiger partial charge in [-0.05, 0) is 73.8 Å². The van der Waals surface area contributed by atoms with Crippen LogP contribution in [0.15, 0.2) is 36.5 Å². The Bertz CT molecular complexity index is 639. The highest BCUT2D eigenvalue weighted by molar-refractivity contribution is 5.60. The summed E-state index contributed by atoms with van der Waals surface area (Å²) in [6.45, 7) is 4.25. The summed E-state index contributed by atoms with van der Waals surface area (Å²) in [6.07, 6.45) is 9.40. The molecule has 1 aliphatic carbocycles. The molecule has 1 fully saturated rings. The van der Waals surface area contributed by atoms with Gasteiger partial charge in [0.15, 0.2) is 0 Å². The first-order valence-corrected chi connectivity index (χ1v) is 8.90. The molecule has 0 radical (unpaired) electrons. The predicted molar refractivity (Wildman–Crippen MR) is 94.0 cm³/mol. The van der Waals surface area contributed by atoms with E-state index in [0.29, 0.717) is 17.2 Å². The second-order valence-electron chi connectivity index (χ2n) is 6.97. The van der Waals surface area contributed by atoms with Gasteiger partial charge in [0, 0.05) is 11.8 Å². The summed E-state index contributed by atoms with van der Waals surface area (Å²) in [6, 6.07) is 9.61. The Balaban J connectivity index is 1.74. The van der Waals surface area contributed by atoms with Crippen molar-refractivity contribution in [3.8, 4) is 11.3 Å². The Kier molecular flexibility index (Phi) is 5.09. The minimum atomic E-state index is -0.144. The minimum absolute atomic E-state index is 0.144. The number of halogens is 1. The second kappa shape index (κ2) is 7.25. The zero-order valence-electron chi connectivity index (χ0n) is 14.2. The zero-order valence-corrected chi connectivity index (χ0v) is 14.2. The van der Waals surface area contributed by atoms with Crippen LogP contribution in [-0.4, -0.2) is 4.98 Å². The molecular formula is C21H26FN. The van der Waals surface area contributed by atoms with Gasteiger partial charge in [-0.2, -0.15) is 0 Å². The van der Waals surface area contributed by atoms with Crippen molar-refractivity contribution in [2.45, 2.75) is 58.3 Å². The van der Waals surface area contributed by atoms with E-state index in [-0.39, 0.29) is 5.82 Å². The molecule has 0 aliphatic heterocycles. The Hall–Kier alpha value is -1.70. The fourth-order valence-corrected chi connectivity index (χ4v) is 3.81. The molecule has 23 heavy (non-hydrogen) atoms. The third kappa shape index (κ3) is 3.80. The monoisotopic (exact) mass is 311 g/mol. The largest absolute Gasteiger partial charge is 0.256 e. The van der Waals surface area contributed by atoms with E-state index in [9.17, 15) is 4.39 Å². The molecule has 3 rings (SSSR count). The first-order chi connectivity index (χ1) is 11.2. The second-order valence-corrected chi connectivity index (χ2v) is 6.97. The van der Waals surface area contributed by atoms with E-state index in [4.69, 9.17) is 0 Å². The SMILES string of the molecule is CCCC1CCC(c2ccc(-c3ccc(C)cn3)c(F)c2)CC1. The van der Waals surface area contributed by atoms with Crippen molar-refractivity contribution < 1.29 is 4.39 Å². The molecule has 1 nitrogen and oxygen atoms in total. The normalized spacial score (nSPS) is 21.3. The van der Waals surface area contributed by atoms with Gasteiger partial charge in [-0.3, -0.25) is 4.98 Å². The Morgan fingerprint density at radius 3 is 2.48 bits per heavy atom. The molecule has 0 atom stereocenters. The molecule has 0 spiro atoms. The molecule has 1 saturated carbocycles. The van der Waals surface area contributed by atoms with Crippen molar-refractivity contribution in [2.75, 3.05) is 0 Å². The lowest BCUT2D eigenvalue weighted by Crippen LogP contribution is -2.13. The van der Waals surface area contributed by atoms with Crippen LogP contribution in [0.1, 0.15) is 62.5 Å². The lowest BCUT2D eigenvalue weighted by atomic mass is 9.77. The maximum atomic E-state index is 14.5. The first kappa shape index (κ1) is 16.2. The van der Waals surface area contributed by atoms with Crippen LogP contribution in [0.3, 0.4) is 0 Å². The number of hydrogen-bond donors (Lipinski definition) is 0. The fraction of sp³-hybridized carbons (Fsp3) is 0.476. The van der Waals surface area contributed by atoms with Crippen molar-refractivity contribution in [1.29, 1.82) is 0 Å². The fourth-order valence-electron chi connectivity index (χ4n) is 3.81. The maximum absolute atomic E-state index is 14.5. The topological polar surface area (TPSA) is 12.9 Å². The van der Waals surface area contributed by atoms with E-state index in [1.807, 2.05) is 25.1 Å². The van der Waals surface area contributed by atoms with E-state index < -0.39 is 0 Å². The Labute approximate surface area is 139 Å². The average Bonchev–Trinajstić information content (AvgIpc) is 2.57. The molecule has 0 amide bonds. The molecular weight excluding hydrogens is 285 g/mol. The van der Waals surface area contributed by atoms with Crippen molar-refractivity contribution in [1.82, 2.24) is 4.98 Å². The summed E-state index contributed by atoms with van der Waals surface area (Å²) in [4.78, 5) is 4.34. The van der Waals surface area contributed by atoms with Crippen molar-refractivity contribution in [3.05, 3.63) is 53.5 Å². The number of benzene rings is 1. The number of aryl methyl sites for hydroxylation is 1. The number of hydrogen-bond acceptors (Lipinski definition) is 1. The van der Waals surface area contributed by atoms with Gasteiger partial charge in [0.1, 0.15) is 5.82 Å². The van der Waals surface area contributed by atoms with Gasteiger partial charge in [-0.15, -0.1) is 0 Å². The van der Waals surface area contributed by atoms with Crippen LogP contribution in [0.5, 0.6) is 0 Å². The molecule has 0 N–H and O–H groups in total. The van der Waals surface area contributed by atoms with Crippen LogP contribution >= 0.6 is 0 Å². The van der Waals surface area contributed by atoms with Gasteiger partial charge in [0.05, 0.1) is 5.69 Å². The highest BCUT2D eigenvalue weighted by atomic mass is 19.1. The molecule has 0 saturated heterocycles. The van der Waals surface area contributed by atoms with Crippen LogP contribution < -0.4 is 0 Å². The highest BCUT2D eigenvalue weighted by Crippen LogP contribution is 2.38. The lowest BCUT2D eigenvalue weighted by Gasteiger charge is -2.28. The molecule has 122 valence electrons. The van der Waals surface area contributed by atoms with Crippen molar-refractivity contribution in [3.63, 3.8) is 0 Å². The van der Waals surface area contributed by atoms with Gasteiger partial charge in [0.2, 0.25) is 0 Å². The lowest BCUT2D eigenvalue weighted by molar-refractivity contribution is 0.308. The molecule has 2 aromatic rings. The van der Waals surface area contributed by atoms with E-state index >= 15 is 0 Å². The summed E-state index contributed by atoms with van der Waals surface area (Å²) in [5.74, 6) is 1.27. The van der Waals surface area contributed by atoms with E-state index in [2.05, 4.69) is 18.0 Å². The number of nitrogens with zero attached hydrogens (tertiary/aromatic N) is 1. The third-order valence-corrected chi connectivity index (χ3v) is 5.20. The summed E-state index contributed by atoms with van der Waals surface area (Å²) < 4.78 is 14.5. The van der Waals surface area contributed by atoms with E-state index in [0.717, 1.165) is 17.0 Å². The molecule has 2 heteroatoms. The number of aromatic nitrogens is 1. The van der Waals surface area contributed by atoms with Crippen LogP contribution in [0.4, 0.5) is 4.39 Å². The maximum Gasteiger partial charge on any atom is 0.132 e. The molecule has 1 heterocycles. The molecule has 1 aromatic heterocycles. The highest BCUT2D eigenvalue weighted by Gasteiger charge is 2.22.